The summed E-state index contributed by atoms with van der Waals surface area (Å²) < 4.78 is 19.8. The van der Waals surface area contributed by atoms with Crippen molar-refractivity contribution in [2.45, 2.75) is 39.3 Å². The van der Waals surface area contributed by atoms with Crippen LogP contribution in [0.2, 0.25) is 0 Å². The summed E-state index contributed by atoms with van der Waals surface area (Å²) in [5.74, 6) is 0.707. The molecule has 0 heterocycles. The summed E-state index contributed by atoms with van der Waals surface area (Å²) >= 11 is 0. The number of aryl methyl sites for hydroxylation is 2. The fourth-order valence-corrected chi connectivity index (χ4v) is 2.23. The molecule has 0 saturated heterocycles. The standard InChI is InChI=1S/C18H20FNO/c1-12-6-7-14(11-20-15-8-9-15)10-17(12)21-16-5-3-4-13(2)18(16)19/h3-7,10,15,20H,8-9,11H2,1-2H3. The van der Waals surface area contributed by atoms with Crippen molar-refractivity contribution >= 4 is 0 Å². The molecule has 2 nitrogen and oxygen atoms in total. The van der Waals surface area contributed by atoms with Gasteiger partial charge in [0.15, 0.2) is 11.6 Å². The highest BCUT2D eigenvalue weighted by atomic mass is 19.1. The molecule has 0 atom stereocenters. The molecular weight excluding hydrogens is 265 g/mol. The van der Waals surface area contributed by atoms with Crippen molar-refractivity contribution in [2.24, 2.45) is 0 Å². The predicted octanol–water partition coefficient (Wildman–Crippen LogP) is 4.49. The molecule has 1 fully saturated rings. The second-order valence-corrected chi connectivity index (χ2v) is 5.74. The fourth-order valence-electron chi connectivity index (χ4n) is 2.23. The van der Waals surface area contributed by atoms with Crippen LogP contribution in [-0.2, 0) is 6.54 Å². The Morgan fingerprint density at radius 2 is 1.90 bits per heavy atom. The van der Waals surface area contributed by atoms with Gasteiger partial charge in [-0.15, -0.1) is 0 Å². The summed E-state index contributed by atoms with van der Waals surface area (Å²) in [6, 6.07) is 12.0. The van der Waals surface area contributed by atoms with Crippen molar-refractivity contribution < 1.29 is 9.13 Å². The molecule has 3 heteroatoms. The highest BCUT2D eigenvalue weighted by Crippen LogP contribution is 2.29. The van der Waals surface area contributed by atoms with E-state index in [1.807, 2.05) is 25.1 Å². The predicted molar refractivity (Wildman–Crippen MR) is 82.3 cm³/mol. The van der Waals surface area contributed by atoms with E-state index in [-0.39, 0.29) is 11.6 Å². The number of ether oxygens (including phenoxy) is 1. The fraction of sp³-hybridized carbons (Fsp3) is 0.333. The Bertz CT molecular complexity index is 650. The first-order valence-electron chi connectivity index (χ1n) is 7.39. The smallest absolute Gasteiger partial charge is 0.168 e. The van der Waals surface area contributed by atoms with Gasteiger partial charge in [0.05, 0.1) is 0 Å². The van der Waals surface area contributed by atoms with Crippen molar-refractivity contribution in [3.8, 4) is 11.5 Å². The third-order valence-electron chi connectivity index (χ3n) is 3.80. The summed E-state index contributed by atoms with van der Waals surface area (Å²) in [7, 11) is 0. The lowest BCUT2D eigenvalue weighted by Gasteiger charge is -2.12. The third-order valence-corrected chi connectivity index (χ3v) is 3.80. The van der Waals surface area contributed by atoms with Gasteiger partial charge in [0, 0.05) is 12.6 Å². The molecule has 2 aromatic carbocycles. The summed E-state index contributed by atoms with van der Waals surface area (Å²) in [5.41, 5.74) is 2.76. The molecular formula is C18H20FNO. The first-order valence-corrected chi connectivity index (χ1v) is 7.39. The van der Waals surface area contributed by atoms with Crippen molar-refractivity contribution in [1.82, 2.24) is 5.32 Å². The zero-order valence-corrected chi connectivity index (χ0v) is 12.4. The van der Waals surface area contributed by atoms with Crippen LogP contribution in [0.4, 0.5) is 4.39 Å². The van der Waals surface area contributed by atoms with E-state index in [2.05, 4.69) is 11.4 Å². The molecule has 0 aliphatic heterocycles. The molecule has 0 bridgehead atoms. The van der Waals surface area contributed by atoms with E-state index in [1.54, 1.807) is 19.1 Å². The van der Waals surface area contributed by atoms with Crippen LogP contribution in [0.3, 0.4) is 0 Å². The first-order chi connectivity index (χ1) is 10.1. The Labute approximate surface area is 125 Å². The third kappa shape index (κ3) is 3.42. The molecule has 110 valence electrons. The molecule has 1 N–H and O–H groups in total. The second kappa shape index (κ2) is 5.86. The molecule has 2 aromatic rings. The lowest BCUT2D eigenvalue weighted by atomic mass is 10.1. The first kappa shape index (κ1) is 14.1. The Kier molecular flexibility index (Phi) is 3.93. The SMILES string of the molecule is Cc1ccc(CNC2CC2)cc1Oc1cccc(C)c1F. The summed E-state index contributed by atoms with van der Waals surface area (Å²) in [5, 5.41) is 3.47. The van der Waals surface area contributed by atoms with Crippen LogP contribution in [0.25, 0.3) is 0 Å². The quantitative estimate of drug-likeness (QED) is 0.874. The monoisotopic (exact) mass is 285 g/mol. The van der Waals surface area contributed by atoms with Gasteiger partial charge in [0.25, 0.3) is 0 Å². The second-order valence-electron chi connectivity index (χ2n) is 5.74. The molecule has 1 saturated carbocycles. The molecule has 0 spiro atoms. The number of halogens is 1. The van der Waals surface area contributed by atoms with Gasteiger partial charge >= 0.3 is 0 Å². The minimum absolute atomic E-state index is 0.283. The van der Waals surface area contributed by atoms with Crippen molar-refractivity contribution in [3.05, 3.63) is 58.9 Å². The summed E-state index contributed by atoms with van der Waals surface area (Å²) in [6.07, 6.45) is 2.54. The molecule has 0 radical (unpaired) electrons. The van der Waals surface area contributed by atoms with Crippen LogP contribution < -0.4 is 10.1 Å². The van der Waals surface area contributed by atoms with E-state index >= 15 is 0 Å². The molecule has 0 aromatic heterocycles. The maximum absolute atomic E-state index is 14.0. The van der Waals surface area contributed by atoms with Crippen molar-refractivity contribution in [3.63, 3.8) is 0 Å². The Morgan fingerprint density at radius 1 is 1.10 bits per heavy atom. The average Bonchev–Trinajstić information content (AvgIpc) is 3.29. The van der Waals surface area contributed by atoms with Gasteiger partial charge in [0.2, 0.25) is 0 Å². The number of hydrogen-bond acceptors (Lipinski definition) is 2. The van der Waals surface area contributed by atoms with Crippen LogP contribution in [0.15, 0.2) is 36.4 Å². The molecule has 21 heavy (non-hydrogen) atoms. The summed E-state index contributed by atoms with van der Waals surface area (Å²) in [4.78, 5) is 0. The molecule has 0 unspecified atom stereocenters. The minimum atomic E-state index is -0.293. The Morgan fingerprint density at radius 3 is 2.67 bits per heavy atom. The van der Waals surface area contributed by atoms with E-state index < -0.39 is 0 Å². The van der Waals surface area contributed by atoms with Crippen LogP contribution in [0.5, 0.6) is 11.5 Å². The van der Waals surface area contributed by atoms with Crippen molar-refractivity contribution in [1.29, 1.82) is 0 Å². The lowest BCUT2D eigenvalue weighted by molar-refractivity contribution is 0.436. The molecule has 0 amide bonds. The maximum Gasteiger partial charge on any atom is 0.168 e. The van der Waals surface area contributed by atoms with Gasteiger partial charge in [-0.1, -0.05) is 24.3 Å². The van der Waals surface area contributed by atoms with E-state index in [1.165, 1.54) is 12.8 Å². The normalized spacial score (nSPS) is 14.2. The zero-order valence-electron chi connectivity index (χ0n) is 12.4. The highest BCUT2D eigenvalue weighted by molar-refractivity contribution is 5.41. The highest BCUT2D eigenvalue weighted by Gasteiger charge is 2.20. The van der Waals surface area contributed by atoms with Gasteiger partial charge in [-0.25, -0.2) is 4.39 Å². The van der Waals surface area contributed by atoms with Gasteiger partial charge in [-0.3, -0.25) is 0 Å². The number of benzene rings is 2. The number of rotatable bonds is 5. The molecule has 1 aliphatic rings. The largest absolute Gasteiger partial charge is 0.454 e. The van der Waals surface area contributed by atoms with Crippen LogP contribution >= 0.6 is 0 Å². The summed E-state index contributed by atoms with van der Waals surface area (Å²) in [6.45, 7) is 4.55. The van der Waals surface area contributed by atoms with Gasteiger partial charge in [-0.05, 0) is 55.5 Å². The minimum Gasteiger partial charge on any atom is -0.454 e. The van der Waals surface area contributed by atoms with Crippen molar-refractivity contribution in [2.75, 3.05) is 0 Å². The van der Waals surface area contributed by atoms with Crippen LogP contribution in [0, 0.1) is 19.7 Å². The number of nitrogens with one attached hydrogen (secondary N) is 1. The Hall–Kier alpha value is -1.87. The van der Waals surface area contributed by atoms with Crippen LogP contribution in [-0.4, -0.2) is 6.04 Å². The van der Waals surface area contributed by atoms with Gasteiger partial charge < -0.3 is 10.1 Å². The van der Waals surface area contributed by atoms with E-state index in [0.29, 0.717) is 11.6 Å². The topological polar surface area (TPSA) is 21.3 Å². The maximum atomic E-state index is 14.0. The van der Waals surface area contributed by atoms with E-state index in [9.17, 15) is 4.39 Å². The molecule has 3 rings (SSSR count). The average molecular weight is 285 g/mol. The van der Waals surface area contributed by atoms with E-state index in [0.717, 1.165) is 23.4 Å². The number of hydrogen-bond donors (Lipinski definition) is 1. The zero-order chi connectivity index (χ0) is 14.8. The van der Waals surface area contributed by atoms with E-state index in [4.69, 9.17) is 4.74 Å². The van der Waals surface area contributed by atoms with Gasteiger partial charge in [-0.2, -0.15) is 0 Å². The Balaban J connectivity index is 1.79. The van der Waals surface area contributed by atoms with Gasteiger partial charge in [0.1, 0.15) is 5.75 Å². The lowest BCUT2D eigenvalue weighted by Crippen LogP contribution is -2.15. The molecule has 1 aliphatic carbocycles. The van der Waals surface area contributed by atoms with Crippen LogP contribution in [0.1, 0.15) is 29.5 Å².